The van der Waals surface area contributed by atoms with Gasteiger partial charge in [-0.1, -0.05) is 18.2 Å². The lowest BCUT2D eigenvalue weighted by Crippen LogP contribution is -2.35. The third-order valence-electron chi connectivity index (χ3n) is 2.67. The molecule has 2 atom stereocenters. The SMILES string of the molecule is CCS(=O)(=O)NC1CC(F)Oc2ccccc21. The third kappa shape index (κ3) is 2.76. The highest BCUT2D eigenvalue weighted by molar-refractivity contribution is 7.89. The quantitative estimate of drug-likeness (QED) is 0.899. The number of halogens is 1. The van der Waals surface area contributed by atoms with Crippen LogP contribution in [0.15, 0.2) is 24.3 Å². The zero-order chi connectivity index (χ0) is 12.5. The van der Waals surface area contributed by atoms with E-state index in [-0.39, 0.29) is 12.2 Å². The molecular weight excluding hydrogens is 245 g/mol. The Labute approximate surface area is 99.8 Å². The summed E-state index contributed by atoms with van der Waals surface area (Å²) in [6, 6.07) is 6.31. The van der Waals surface area contributed by atoms with Crippen LogP contribution in [-0.2, 0) is 10.0 Å². The molecule has 1 aliphatic rings. The van der Waals surface area contributed by atoms with Crippen LogP contribution in [0.3, 0.4) is 0 Å². The number of hydrogen-bond acceptors (Lipinski definition) is 3. The van der Waals surface area contributed by atoms with Gasteiger partial charge in [0.25, 0.3) is 0 Å². The largest absolute Gasteiger partial charge is 0.460 e. The van der Waals surface area contributed by atoms with Crippen molar-refractivity contribution >= 4 is 10.0 Å². The maximum atomic E-state index is 13.3. The van der Waals surface area contributed by atoms with Gasteiger partial charge in [-0.2, -0.15) is 0 Å². The second-order valence-corrected chi connectivity index (χ2v) is 5.92. The van der Waals surface area contributed by atoms with E-state index in [2.05, 4.69) is 4.72 Å². The Hall–Kier alpha value is -1.14. The first-order chi connectivity index (χ1) is 8.02. The van der Waals surface area contributed by atoms with Gasteiger partial charge < -0.3 is 4.74 Å². The van der Waals surface area contributed by atoms with Crippen LogP contribution in [0.5, 0.6) is 5.75 Å². The third-order valence-corrected chi connectivity index (χ3v) is 4.08. The molecule has 0 bridgehead atoms. The Morgan fingerprint density at radius 3 is 2.88 bits per heavy atom. The predicted molar refractivity (Wildman–Crippen MR) is 61.9 cm³/mol. The van der Waals surface area contributed by atoms with Crippen molar-refractivity contribution in [3.8, 4) is 5.75 Å². The van der Waals surface area contributed by atoms with Gasteiger partial charge in [-0.05, 0) is 13.0 Å². The Bertz CT molecular complexity index is 503. The van der Waals surface area contributed by atoms with E-state index < -0.39 is 22.4 Å². The molecule has 0 spiro atoms. The van der Waals surface area contributed by atoms with E-state index in [9.17, 15) is 12.8 Å². The van der Waals surface area contributed by atoms with Crippen molar-refractivity contribution in [2.75, 3.05) is 5.75 Å². The zero-order valence-electron chi connectivity index (χ0n) is 9.39. The van der Waals surface area contributed by atoms with Crippen molar-refractivity contribution in [3.63, 3.8) is 0 Å². The van der Waals surface area contributed by atoms with E-state index in [4.69, 9.17) is 4.74 Å². The Balaban J connectivity index is 2.30. The summed E-state index contributed by atoms with van der Waals surface area (Å²) in [6.07, 6.45) is -1.48. The van der Waals surface area contributed by atoms with Crippen molar-refractivity contribution in [3.05, 3.63) is 29.8 Å². The van der Waals surface area contributed by atoms with Gasteiger partial charge in [0.1, 0.15) is 5.75 Å². The molecule has 4 nitrogen and oxygen atoms in total. The molecular formula is C11H14FNO3S. The number of alkyl halides is 1. The highest BCUT2D eigenvalue weighted by Crippen LogP contribution is 2.35. The summed E-state index contributed by atoms with van der Waals surface area (Å²) in [6.45, 7) is 1.54. The van der Waals surface area contributed by atoms with Crippen LogP contribution in [-0.4, -0.2) is 20.5 Å². The summed E-state index contributed by atoms with van der Waals surface area (Å²) in [5.41, 5.74) is 0.679. The van der Waals surface area contributed by atoms with Gasteiger partial charge in [0, 0.05) is 12.0 Å². The summed E-state index contributed by atoms with van der Waals surface area (Å²) in [5, 5.41) is 0. The average molecular weight is 259 g/mol. The van der Waals surface area contributed by atoms with E-state index in [0.717, 1.165) is 0 Å². The van der Waals surface area contributed by atoms with Crippen LogP contribution < -0.4 is 9.46 Å². The fraction of sp³-hybridized carbons (Fsp3) is 0.455. The molecule has 1 aliphatic heterocycles. The molecule has 0 aromatic heterocycles. The number of nitrogens with one attached hydrogen (secondary N) is 1. The number of rotatable bonds is 3. The fourth-order valence-corrected chi connectivity index (χ4v) is 2.61. The summed E-state index contributed by atoms with van der Waals surface area (Å²) in [5.74, 6) is 0.374. The van der Waals surface area contributed by atoms with Gasteiger partial charge in [0.2, 0.25) is 16.4 Å². The fourth-order valence-electron chi connectivity index (χ4n) is 1.79. The van der Waals surface area contributed by atoms with Gasteiger partial charge >= 0.3 is 0 Å². The van der Waals surface area contributed by atoms with Crippen molar-refractivity contribution in [1.29, 1.82) is 0 Å². The normalized spacial score (nSPS) is 23.9. The van der Waals surface area contributed by atoms with Crippen molar-refractivity contribution in [2.24, 2.45) is 0 Å². The van der Waals surface area contributed by atoms with Crippen LogP contribution in [0.1, 0.15) is 24.9 Å². The summed E-state index contributed by atoms with van der Waals surface area (Å²) < 4.78 is 43.8. The second-order valence-electron chi connectivity index (χ2n) is 3.88. The maximum Gasteiger partial charge on any atom is 0.240 e. The highest BCUT2D eigenvalue weighted by atomic mass is 32.2. The van der Waals surface area contributed by atoms with E-state index in [1.165, 1.54) is 0 Å². The number of fused-ring (bicyclic) bond motifs is 1. The molecule has 0 fully saturated rings. The van der Waals surface area contributed by atoms with Crippen molar-refractivity contribution in [1.82, 2.24) is 4.72 Å². The lowest BCUT2D eigenvalue weighted by atomic mass is 10.0. The number of hydrogen-bond donors (Lipinski definition) is 1. The molecule has 1 heterocycles. The molecule has 2 unspecified atom stereocenters. The molecule has 0 saturated carbocycles. The van der Waals surface area contributed by atoms with Crippen LogP contribution in [0.2, 0.25) is 0 Å². The standard InChI is InChI=1S/C11H14FNO3S/c1-2-17(14,15)13-9-7-11(12)16-10-6-4-3-5-8(9)10/h3-6,9,11,13H,2,7H2,1H3. The van der Waals surface area contributed by atoms with Crippen LogP contribution in [0.4, 0.5) is 4.39 Å². The van der Waals surface area contributed by atoms with Gasteiger partial charge in [0.05, 0.1) is 11.8 Å². The van der Waals surface area contributed by atoms with Gasteiger partial charge in [-0.25, -0.2) is 17.5 Å². The molecule has 0 aliphatic carbocycles. The molecule has 0 radical (unpaired) electrons. The molecule has 0 saturated heterocycles. The minimum atomic E-state index is -3.36. The van der Waals surface area contributed by atoms with Crippen LogP contribution >= 0.6 is 0 Å². The topological polar surface area (TPSA) is 55.4 Å². The average Bonchev–Trinajstić information content (AvgIpc) is 2.28. The van der Waals surface area contributed by atoms with E-state index in [1.54, 1.807) is 31.2 Å². The van der Waals surface area contributed by atoms with Gasteiger partial charge in [0.15, 0.2) is 0 Å². The zero-order valence-corrected chi connectivity index (χ0v) is 10.2. The summed E-state index contributed by atoms with van der Waals surface area (Å²) in [4.78, 5) is 0. The lowest BCUT2D eigenvalue weighted by Gasteiger charge is -2.28. The molecule has 1 aromatic rings. The van der Waals surface area contributed by atoms with E-state index >= 15 is 0 Å². The molecule has 0 amide bonds. The number of benzene rings is 1. The monoisotopic (exact) mass is 259 g/mol. The van der Waals surface area contributed by atoms with Crippen LogP contribution in [0, 0.1) is 0 Å². The predicted octanol–water partition coefficient (Wildman–Crippen LogP) is 1.75. The Morgan fingerprint density at radius 2 is 2.18 bits per heavy atom. The first-order valence-corrected chi connectivity index (χ1v) is 7.06. The Morgan fingerprint density at radius 1 is 1.47 bits per heavy atom. The van der Waals surface area contributed by atoms with Gasteiger partial charge in [-0.15, -0.1) is 0 Å². The number of sulfonamides is 1. The smallest absolute Gasteiger partial charge is 0.240 e. The number of ether oxygens (including phenoxy) is 1. The van der Waals surface area contributed by atoms with Crippen LogP contribution in [0.25, 0.3) is 0 Å². The van der Waals surface area contributed by atoms with Gasteiger partial charge in [-0.3, -0.25) is 0 Å². The second kappa shape index (κ2) is 4.62. The lowest BCUT2D eigenvalue weighted by molar-refractivity contribution is 0.0362. The van der Waals surface area contributed by atoms with E-state index in [1.807, 2.05) is 0 Å². The maximum absolute atomic E-state index is 13.3. The first kappa shape index (κ1) is 12.3. The number of para-hydroxylation sites is 1. The first-order valence-electron chi connectivity index (χ1n) is 5.41. The van der Waals surface area contributed by atoms with Crippen molar-refractivity contribution < 1.29 is 17.5 Å². The van der Waals surface area contributed by atoms with Crippen molar-refractivity contribution in [2.45, 2.75) is 25.7 Å². The minimum Gasteiger partial charge on any atom is -0.460 e. The minimum absolute atomic E-state index is 0.00373. The molecule has 2 rings (SSSR count). The summed E-state index contributed by atoms with van der Waals surface area (Å²) >= 11 is 0. The highest BCUT2D eigenvalue weighted by Gasteiger charge is 2.30. The molecule has 94 valence electrons. The molecule has 6 heteroatoms. The Kier molecular flexibility index (Phi) is 3.35. The molecule has 1 N–H and O–H groups in total. The van der Waals surface area contributed by atoms with E-state index in [0.29, 0.717) is 11.3 Å². The molecule has 17 heavy (non-hydrogen) atoms. The summed E-state index contributed by atoms with van der Waals surface area (Å²) in [7, 11) is -3.36. The molecule has 1 aromatic carbocycles.